The maximum absolute atomic E-state index is 11.9. The Morgan fingerprint density at radius 2 is 2.18 bits per heavy atom. The van der Waals surface area contributed by atoms with Gasteiger partial charge in [-0.15, -0.1) is 0 Å². The summed E-state index contributed by atoms with van der Waals surface area (Å²) >= 11 is 0. The molecule has 0 aliphatic carbocycles. The minimum atomic E-state index is -0.561. The van der Waals surface area contributed by atoms with E-state index in [2.05, 4.69) is 11.9 Å². The summed E-state index contributed by atoms with van der Waals surface area (Å²) in [5.74, 6) is -0.901. The standard InChI is InChI=1S/C12H18N2O3/c1-4-5-8(2)12(17)14(3)9-6-7-10(15)13-11(9)16/h9H,2,4-7H2,1,3H3,(H,13,15,16). The van der Waals surface area contributed by atoms with Crippen LogP contribution < -0.4 is 5.32 Å². The second-order valence-corrected chi connectivity index (χ2v) is 4.24. The number of amides is 3. The van der Waals surface area contributed by atoms with E-state index in [0.29, 0.717) is 18.4 Å². The molecule has 0 aromatic rings. The minimum absolute atomic E-state index is 0.221. The van der Waals surface area contributed by atoms with Gasteiger partial charge in [-0.2, -0.15) is 0 Å². The summed E-state index contributed by atoms with van der Waals surface area (Å²) in [5.41, 5.74) is 0.500. The molecule has 1 unspecified atom stereocenters. The van der Waals surface area contributed by atoms with Gasteiger partial charge in [0, 0.05) is 19.0 Å². The number of hydrogen-bond acceptors (Lipinski definition) is 3. The van der Waals surface area contributed by atoms with Crippen molar-refractivity contribution in [2.75, 3.05) is 7.05 Å². The largest absolute Gasteiger partial charge is 0.330 e. The lowest BCUT2D eigenvalue weighted by atomic mass is 10.0. The zero-order valence-corrected chi connectivity index (χ0v) is 10.3. The Labute approximate surface area is 101 Å². The molecule has 0 bridgehead atoms. The van der Waals surface area contributed by atoms with E-state index in [4.69, 9.17) is 0 Å². The van der Waals surface area contributed by atoms with E-state index in [1.165, 1.54) is 4.90 Å². The summed E-state index contributed by atoms with van der Waals surface area (Å²) in [6.07, 6.45) is 2.12. The number of piperidine rings is 1. The molecular formula is C12H18N2O3. The van der Waals surface area contributed by atoms with E-state index < -0.39 is 11.9 Å². The zero-order chi connectivity index (χ0) is 13.0. The van der Waals surface area contributed by atoms with Crippen molar-refractivity contribution >= 4 is 17.7 Å². The summed E-state index contributed by atoms with van der Waals surface area (Å²) in [7, 11) is 1.57. The van der Waals surface area contributed by atoms with Crippen LogP contribution in [0.15, 0.2) is 12.2 Å². The van der Waals surface area contributed by atoms with Gasteiger partial charge in [-0.3, -0.25) is 19.7 Å². The van der Waals surface area contributed by atoms with E-state index in [1.807, 2.05) is 6.92 Å². The highest BCUT2D eigenvalue weighted by atomic mass is 16.2. The Bertz CT molecular complexity index is 363. The van der Waals surface area contributed by atoms with E-state index in [0.717, 1.165) is 6.42 Å². The third-order valence-electron chi connectivity index (χ3n) is 2.85. The molecule has 1 rings (SSSR count). The number of carbonyl (C=O) groups excluding carboxylic acids is 3. The molecule has 1 N–H and O–H groups in total. The molecule has 1 fully saturated rings. The van der Waals surface area contributed by atoms with Crippen molar-refractivity contribution in [1.82, 2.24) is 10.2 Å². The SMILES string of the molecule is C=C(CCC)C(=O)N(C)C1CCC(=O)NC1=O. The Hall–Kier alpha value is -1.65. The fourth-order valence-electron chi connectivity index (χ4n) is 1.85. The molecule has 1 saturated heterocycles. The van der Waals surface area contributed by atoms with Crippen LogP contribution in [-0.4, -0.2) is 35.7 Å². The first kappa shape index (κ1) is 13.4. The van der Waals surface area contributed by atoms with Gasteiger partial charge in [-0.1, -0.05) is 19.9 Å². The van der Waals surface area contributed by atoms with Crippen molar-refractivity contribution in [3.05, 3.63) is 12.2 Å². The normalized spacial score (nSPS) is 19.8. The topological polar surface area (TPSA) is 66.5 Å². The van der Waals surface area contributed by atoms with Gasteiger partial charge in [0.15, 0.2) is 0 Å². The van der Waals surface area contributed by atoms with E-state index in [9.17, 15) is 14.4 Å². The van der Waals surface area contributed by atoms with Crippen LogP contribution in [0.3, 0.4) is 0 Å². The highest BCUT2D eigenvalue weighted by molar-refractivity contribution is 6.03. The Kier molecular flexibility index (Phi) is 4.43. The Balaban J connectivity index is 2.66. The molecule has 17 heavy (non-hydrogen) atoms. The van der Waals surface area contributed by atoms with Gasteiger partial charge in [0.25, 0.3) is 0 Å². The second kappa shape index (κ2) is 5.61. The number of nitrogens with zero attached hydrogens (tertiary/aromatic N) is 1. The van der Waals surface area contributed by atoms with Crippen molar-refractivity contribution in [2.24, 2.45) is 0 Å². The molecule has 1 aliphatic rings. The van der Waals surface area contributed by atoms with Crippen molar-refractivity contribution in [2.45, 2.75) is 38.6 Å². The third-order valence-corrected chi connectivity index (χ3v) is 2.85. The molecule has 1 heterocycles. The first-order chi connectivity index (χ1) is 7.97. The molecule has 0 aromatic carbocycles. The highest BCUT2D eigenvalue weighted by Gasteiger charge is 2.32. The van der Waals surface area contributed by atoms with Crippen molar-refractivity contribution in [3.8, 4) is 0 Å². The van der Waals surface area contributed by atoms with E-state index >= 15 is 0 Å². The molecule has 1 atom stereocenters. The predicted molar refractivity (Wildman–Crippen MR) is 63.0 cm³/mol. The van der Waals surface area contributed by atoms with E-state index in [1.54, 1.807) is 7.05 Å². The Morgan fingerprint density at radius 1 is 1.53 bits per heavy atom. The molecular weight excluding hydrogens is 220 g/mol. The average Bonchev–Trinajstić information content (AvgIpc) is 2.27. The molecule has 94 valence electrons. The fourth-order valence-corrected chi connectivity index (χ4v) is 1.85. The van der Waals surface area contributed by atoms with Crippen LogP contribution in [0.4, 0.5) is 0 Å². The van der Waals surface area contributed by atoms with Crippen molar-refractivity contribution < 1.29 is 14.4 Å². The predicted octanol–water partition coefficient (Wildman–Crippen LogP) is 0.606. The van der Waals surface area contributed by atoms with Crippen molar-refractivity contribution in [1.29, 1.82) is 0 Å². The first-order valence-corrected chi connectivity index (χ1v) is 5.76. The van der Waals surface area contributed by atoms with Gasteiger partial charge in [0.1, 0.15) is 6.04 Å². The summed E-state index contributed by atoms with van der Waals surface area (Å²) in [5, 5.41) is 2.23. The fraction of sp³-hybridized carbons (Fsp3) is 0.583. The molecule has 0 aromatic heterocycles. The summed E-state index contributed by atoms with van der Waals surface area (Å²) in [6, 6.07) is -0.561. The van der Waals surface area contributed by atoms with Crippen molar-refractivity contribution in [3.63, 3.8) is 0 Å². The van der Waals surface area contributed by atoms with Gasteiger partial charge >= 0.3 is 0 Å². The molecule has 0 saturated carbocycles. The number of hydrogen-bond donors (Lipinski definition) is 1. The number of carbonyl (C=O) groups is 3. The van der Waals surface area contributed by atoms with Crippen LogP contribution in [0.5, 0.6) is 0 Å². The molecule has 5 heteroatoms. The quantitative estimate of drug-likeness (QED) is 0.576. The van der Waals surface area contributed by atoms with Gasteiger partial charge in [0.2, 0.25) is 17.7 Å². The third kappa shape index (κ3) is 3.15. The van der Waals surface area contributed by atoms with Gasteiger partial charge in [-0.05, 0) is 12.8 Å². The van der Waals surface area contributed by atoms with Crippen LogP contribution in [0.1, 0.15) is 32.6 Å². The first-order valence-electron chi connectivity index (χ1n) is 5.76. The van der Waals surface area contributed by atoms with Crippen LogP contribution in [0, 0.1) is 0 Å². The monoisotopic (exact) mass is 238 g/mol. The highest BCUT2D eigenvalue weighted by Crippen LogP contribution is 2.14. The van der Waals surface area contributed by atoms with Crippen LogP contribution >= 0.6 is 0 Å². The van der Waals surface area contributed by atoms with Crippen LogP contribution in [0.25, 0.3) is 0 Å². The summed E-state index contributed by atoms with van der Waals surface area (Å²) < 4.78 is 0. The lowest BCUT2D eigenvalue weighted by Crippen LogP contribution is -2.53. The Morgan fingerprint density at radius 3 is 2.71 bits per heavy atom. The molecule has 0 spiro atoms. The summed E-state index contributed by atoms with van der Waals surface area (Å²) in [6.45, 7) is 5.67. The second-order valence-electron chi connectivity index (χ2n) is 4.24. The lowest BCUT2D eigenvalue weighted by Gasteiger charge is -2.30. The molecule has 3 amide bonds. The van der Waals surface area contributed by atoms with Crippen LogP contribution in [-0.2, 0) is 14.4 Å². The van der Waals surface area contributed by atoms with E-state index in [-0.39, 0.29) is 18.2 Å². The maximum atomic E-state index is 11.9. The smallest absolute Gasteiger partial charge is 0.249 e. The number of likely N-dealkylation sites (N-methyl/N-ethyl adjacent to an activating group) is 1. The van der Waals surface area contributed by atoms with Crippen LogP contribution in [0.2, 0.25) is 0 Å². The van der Waals surface area contributed by atoms with Gasteiger partial charge < -0.3 is 4.90 Å². The zero-order valence-electron chi connectivity index (χ0n) is 10.3. The molecule has 0 radical (unpaired) electrons. The number of rotatable bonds is 4. The van der Waals surface area contributed by atoms with Gasteiger partial charge in [-0.25, -0.2) is 0 Å². The molecule has 5 nitrogen and oxygen atoms in total. The van der Waals surface area contributed by atoms with Gasteiger partial charge in [0.05, 0.1) is 0 Å². The number of imide groups is 1. The molecule has 1 aliphatic heterocycles. The maximum Gasteiger partial charge on any atom is 0.249 e. The average molecular weight is 238 g/mol. The lowest BCUT2D eigenvalue weighted by molar-refractivity contribution is -0.142. The minimum Gasteiger partial charge on any atom is -0.330 e. The summed E-state index contributed by atoms with van der Waals surface area (Å²) in [4.78, 5) is 35.9. The number of nitrogens with one attached hydrogen (secondary N) is 1.